The molecule has 2 aromatic carbocycles. The summed E-state index contributed by atoms with van der Waals surface area (Å²) in [5, 5.41) is 8.79. The van der Waals surface area contributed by atoms with E-state index in [-0.39, 0.29) is 54.9 Å². The Hall–Kier alpha value is -4.29. The maximum absolute atomic E-state index is 14.0. The van der Waals surface area contributed by atoms with Crippen LogP contribution in [0.3, 0.4) is 0 Å². The van der Waals surface area contributed by atoms with Gasteiger partial charge in [-0.3, -0.25) is 19.2 Å². The van der Waals surface area contributed by atoms with Crippen LogP contribution in [0.2, 0.25) is 0 Å². The predicted molar refractivity (Wildman–Crippen MR) is 197 cm³/mol. The number of hydrogen-bond acceptors (Lipinski definition) is 8. The first kappa shape index (κ1) is 41.1. The van der Waals surface area contributed by atoms with E-state index < -0.39 is 30.0 Å². The number of rotatable bonds is 20. The van der Waals surface area contributed by atoms with Crippen molar-refractivity contribution in [2.24, 2.45) is 29.2 Å². The Morgan fingerprint density at radius 2 is 1.51 bits per heavy atom. The summed E-state index contributed by atoms with van der Waals surface area (Å²) >= 11 is 0. The van der Waals surface area contributed by atoms with Crippen LogP contribution < -0.4 is 27.4 Å². The van der Waals surface area contributed by atoms with E-state index in [0.717, 1.165) is 17.5 Å². The molecule has 2 aromatic rings. The number of carbonyl (C=O) groups excluding carboxylic acids is 5. The van der Waals surface area contributed by atoms with Crippen molar-refractivity contribution in [3.05, 3.63) is 71.8 Å². The SMILES string of the molecule is COC(=O)NC1CCN(C(=O)[C@@H](CCCCN)CC(=O)[C@@H](CC(C)C)NC(=O)[C@H](CC(=O)NC(CN)c2ccccc2)Cc2ccccc2)CC1. The Balaban J connectivity index is 1.75. The van der Waals surface area contributed by atoms with Crippen molar-refractivity contribution in [3.8, 4) is 0 Å². The van der Waals surface area contributed by atoms with Gasteiger partial charge < -0.3 is 37.1 Å². The molecule has 1 fully saturated rings. The molecular weight excluding hydrogens is 648 g/mol. The molecular formula is C39H58N6O6. The summed E-state index contributed by atoms with van der Waals surface area (Å²) in [6.45, 7) is 5.56. The molecule has 0 saturated carbocycles. The number of nitrogens with one attached hydrogen (secondary N) is 3. The van der Waals surface area contributed by atoms with E-state index in [4.69, 9.17) is 16.2 Å². The van der Waals surface area contributed by atoms with Crippen molar-refractivity contribution in [2.45, 2.75) is 89.8 Å². The number of alkyl carbamates (subject to hydrolysis) is 1. The second kappa shape index (κ2) is 21.8. The topological polar surface area (TPSA) is 186 Å². The van der Waals surface area contributed by atoms with Gasteiger partial charge in [0.25, 0.3) is 0 Å². The first-order chi connectivity index (χ1) is 24.5. The van der Waals surface area contributed by atoms with Crippen LogP contribution in [-0.2, 0) is 30.3 Å². The quantitative estimate of drug-likeness (QED) is 0.129. The van der Waals surface area contributed by atoms with Gasteiger partial charge in [0, 0.05) is 44.4 Å². The molecule has 280 valence electrons. The number of methoxy groups -OCH3 is 1. The second-order valence-electron chi connectivity index (χ2n) is 13.9. The van der Waals surface area contributed by atoms with Crippen LogP contribution in [0.1, 0.15) is 82.4 Å². The number of unbranched alkanes of at least 4 members (excludes halogenated alkanes) is 1. The minimum atomic E-state index is -0.820. The summed E-state index contributed by atoms with van der Waals surface area (Å²) < 4.78 is 4.71. The number of piperidine rings is 1. The van der Waals surface area contributed by atoms with Gasteiger partial charge in [0.1, 0.15) is 0 Å². The molecule has 51 heavy (non-hydrogen) atoms. The lowest BCUT2D eigenvalue weighted by Gasteiger charge is -2.34. The number of carbonyl (C=O) groups is 5. The van der Waals surface area contributed by atoms with E-state index in [1.165, 1.54) is 7.11 Å². The fourth-order valence-corrected chi connectivity index (χ4v) is 6.59. The van der Waals surface area contributed by atoms with Crippen molar-refractivity contribution in [1.82, 2.24) is 20.9 Å². The summed E-state index contributed by atoms with van der Waals surface area (Å²) in [6, 6.07) is 17.6. The van der Waals surface area contributed by atoms with Crippen molar-refractivity contribution >= 4 is 29.6 Å². The molecule has 0 bridgehead atoms. The third-order valence-electron chi connectivity index (χ3n) is 9.43. The van der Waals surface area contributed by atoms with Crippen LogP contribution in [0.15, 0.2) is 60.7 Å². The van der Waals surface area contributed by atoms with Gasteiger partial charge in [0.15, 0.2) is 5.78 Å². The normalized spacial score (nSPS) is 15.7. The Kier molecular flexibility index (Phi) is 17.6. The van der Waals surface area contributed by atoms with Crippen molar-refractivity contribution in [1.29, 1.82) is 0 Å². The Morgan fingerprint density at radius 3 is 2.10 bits per heavy atom. The maximum Gasteiger partial charge on any atom is 0.407 e. The highest BCUT2D eigenvalue weighted by molar-refractivity contribution is 5.94. The first-order valence-electron chi connectivity index (χ1n) is 18.3. The van der Waals surface area contributed by atoms with E-state index in [2.05, 4.69) is 16.0 Å². The van der Waals surface area contributed by atoms with Crippen LogP contribution >= 0.6 is 0 Å². The molecule has 4 atom stereocenters. The van der Waals surface area contributed by atoms with Gasteiger partial charge in [-0.2, -0.15) is 0 Å². The summed E-state index contributed by atoms with van der Waals surface area (Å²) in [5.74, 6) is -2.22. The summed E-state index contributed by atoms with van der Waals surface area (Å²) in [4.78, 5) is 68.7. The van der Waals surface area contributed by atoms with E-state index in [1.54, 1.807) is 4.90 Å². The molecule has 7 N–H and O–H groups in total. The molecule has 1 saturated heterocycles. The molecule has 0 aromatic heterocycles. The lowest BCUT2D eigenvalue weighted by atomic mass is 9.88. The van der Waals surface area contributed by atoms with Gasteiger partial charge in [-0.15, -0.1) is 0 Å². The minimum Gasteiger partial charge on any atom is -0.453 e. The highest BCUT2D eigenvalue weighted by atomic mass is 16.5. The van der Waals surface area contributed by atoms with Crippen molar-refractivity contribution in [2.75, 3.05) is 33.3 Å². The van der Waals surface area contributed by atoms with Gasteiger partial charge in [-0.25, -0.2) is 4.79 Å². The lowest BCUT2D eigenvalue weighted by molar-refractivity contribution is -0.140. The van der Waals surface area contributed by atoms with Gasteiger partial charge in [-0.05, 0) is 62.1 Å². The zero-order chi connectivity index (χ0) is 37.2. The number of hydrogen-bond donors (Lipinski definition) is 5. The first-order valence-corrected chi connectivity index (χ1v) is 18.3. The number of nitrogens with two attached hydrogens (primary N) is 2. The molecule has 3 rings (SSSR count). The molecule has 4 amide bonds. The van der Waals surface area contributed by atoms with E-state index in [9.17, 15) is 24.0 Å². The maximum atomic E-state index is 14.0. The Labute approximate surface area is 302 Å². The number of ether oxygens (including phenoxy) is 1. The molecule has 1 unspecified atom stereocenters. The molecule has 0 spiro atoms. The van der Waals surface area contributed by atoms with Crippen molar-refractivity contribution < 1.29 is 28.7 Å². The summed E-state index contributed by atoms with van der Waals surface area (Å²) in [6.07, 6.45) is 3.21. The molecule has 1 aliphatic rings. The number of benzene rings is 2. The monoisotopic (exact) mass is 706 g/mol. The number of amides is 4. The standard InChI is InChI=1S/C39H58N6O6/c1-27(2)22-33(35(46)24-30(16-10-11-19-40)38(49)45-20-17-32(18-21-45)42-39(50)51-3)44-37(48)31(23-28-12-6-4-7-13-28)25-36(47)43-34(26-41)29-14-8-5-9-15-29/h4-9,12-15,27,30-34H,10-11,16-26,40-41H2,1-3H3,(H,42,50)(H,43,47)(H,44,48)/t30-,31-,33+,34?/m0/s1. The summed E-state index contributed by atoms with van der Waals surface area (Å²) in [5.41, 5.74) is 13.5. The lowest BCUT2D eigenvalue weighted by Crippen LogP contribution is -2.49. The number of ketones is 1. The fourth-order valence-electron chi connectivity index (χ4n) is 6.59. The average molecular weight is 707 g/mol. The highest BCUT2D eigenvalue weighted by Crippen LogP contribution is 2.23. The number of likely N-dealkylation sites (tertiary alicyclic amines) is 1. The molecule has 12 nitrogen and oxygen atoms in total. The van der Waals surface area contributed by atoms with Crippen molar-refractivity contribution in [3.63, 3.8) is 0 Å². The number of nitrogens with zero attached hydrogens (tertiary/aromatic N) is 1. The highest BCUT2D eigenvalue weighted by Gasteiger charge is 2.34. The zero-order valence-corrected chi connectivity index (χ0v) is 30.5. The third-order valence-corrected chi connectivity index (χ3v) is 9.43. The third kappa shape index (κ3) is 14.1. The van der Waals surface area contributed by atoms with Crippen LogP contribution in [0.5, 0.6) is 0 Å². The molecule has 1 aliphatic heterocycles. The van der Waals surface area contributed by atoms with Crippen LogP contribution in [0.25, 0.3) is 0 Å². The predicted octanol–water partition coefficient (Wildman–Crippen LogP) is 3.63. The van der Waals surface area contributed by atoms with E-state index >= 15 is 0 Å². The van der Waals surface area contributed by atoms with Crippen LogP contribution in [0, 0.1) is 17.8 Å². The molecule has 12 heteroatoms. The summed E-state index contributed by atoms with van der Waals surface area (Å²) in [7, 11) is 1.32. The van der Waals surface area contributed by atoms with Gasteiger partial charge in [0.05, 0.1) is 25.1 Å². The van der Waals surface area contributed by atoms with Crippen LogP contribution in [0.4, 0.5) is 4.79 Å². The molecule has 0 radical (unpaired) electrons. The largest absolute Gasteiger partial charge is 0.453 e. The molecule has 0 aliphatic carbocycles. The second-order valence-corrected chi connectivity index (χ2v) is 13.9. The fraction of sp³-hybridized carbons (Fsp3) is 0.564. The number of Topliss-reactive ketones (excluding diaryl/α,β-unsaturated/α-hetero) is 1. The molecule has 1 heterocycles. The van der Waals surface area contributed by atoms with Crippen LogP contribution in [-0.4, -0.2) is 79.9 Å². The van der Waals surface area contributed by atoms with Gasteiger partial charge in [-0.1, -0.05) is 80.9 Å². The Bertz CT molecular complexity index is 1380. The Morgan fingerprint density at radius 1 is 0.863 bits per heavy atom. The minimum absolute atomic E-state index is 0.0134. The van der Waals surface area contributed by atoms with E-state index in [0.29, 0.717) is 58.2 Å². The zero-order valence-electron chi connectivity index (χ0n) is 30.5. The smallest absolute Gasteiger partial charge is 0.407 e. The average Bonchev–Trinajstić information content (AvgIpc) is 3.13. The van der Waals surface area contributed by atoms with Gasteiger partial charge in [0.2, 0.25) is 17.7 Å². The van der Waals surface area contributed by atoms with E-state index in [1.807, 2.05) is 74.5 Å². The van der Waals surface area contributed by atoms with Gasteiger partial charge >= 0.3 is 6.09 Å².